The van der Waals surface area contributed by atoms with Gasteiger partial charge in [-0.1, -0.05) is 6.07 Å². The van der Waals surface area contributed by atoms with Gasteiger partial charge in [0.1, 0.15) is 11.9 Å². The highest BCUT2D eigenvalue weighted by Crippen LogP contribution is 2.76. The van der Waals surface area contributed by atoms with E-state index in [0.717, 1.165) is 37.4 Å². The van der Waals surface area contributed by atoms with E-state index in [4.69, 9.17) is 10.5 Å². The van der Waals surface area contributed by atoms with E-state index in [1.54, 1.807) is 0 Å². The molecule has 0 aromatic heterocycles. The zero-order valence-corrected chi connectivity index (χ0v) is 19.7. The van der Waals surface area contributed by atoms with Crippen molar-refractivity contribution in [2.75, 3.05) is 20.1 Å². The van der Waals surface area contributed by atoms with Crippen molar-refractivity contribution in [2.45, 2.75) is 82.0 Å². The van der Waals surface area contributed by atoms with Gasteiger partial charge in [0.2, 0.25) is 0 Å². The van der Waals surface area contributed by atoms with Crippen LogP contribution in [0.2, 0.25) is 0 Å². The summed E-state index contributed by atoms with van der Waals surface area (Å²) < 4.78 is 8.04. The summed E-state index contributed by atoms with van der Waals surface area (Å²) in [5.41, 5.74) is 8.52. The molecule has 0 radical (unpaired) electrons. The van der Waals surface area contributed by atoms with Crippen LogP contribution in [0.25, 0.3) is 0 Å². The molecule has 1 aromatic carbocycles. The molecule has 1 amide bonds. The van der Waals surface area contributed by atoms with Crippen molar-refractivity contribution in [1.82, 2.24) is 0 Å². The van der Waals surface area contributed by atoms with Crippen LogP contribution in [0.5, 0.6) is 5.75 Å². The van der Waals surface area contributed by atoms with E-state index in [2.05, 4.69) is 13.1 Å². The number of nitrogens with two attached hydrogens (primary N) is 1. The lowest BCUT2D eigenvalue weighted by molar-refractivity contribution is -0.952. The number of carbonyl (C=O) groups excluding carboxylic acids is 1. The zero-order valence-electron chi connectivity index (χ0n) is 19.7. The number of carbonyl (C=O) groups is 1. The van der Waals surface area contributed by atoms with Gasteiger partial charge in [-0.25, -0.2) is 0 Å². The number of rotatable bonds is 4. The average molecular weight is 438 g/mol. The highest BCUT2D eigenvalue weighted by molar-refractivity contribution is 5.97. The molecular formula is C27H37N2O3+. The van der Waals surface area contributed by atoms with Crippen molar-refractivity contribution in [3.63, 3.8) is 0 Å². The molecule has 7 atom stereocenters. The first-order valence-corrected chi connectivity index (χ1v) is 12.8. The monoisotopic (exact) mass is 437 g/mol. The summed E-state index contributed by atoms with van der Waals surface area (Å²) in [6.45, 7) is 6.50. The molecule has 1 aromatic rings. The molecule has 5 nitrogen and oxygen atoms in total. The Morgan fingerprint density at radius 1 is 1.28 bits per heavy atom. The fraction of sp³-hybridized carbons (Fsp3) is 0.741. The maximum absolute atomic E-state index is 12.4. The summed E-state index contributed by atoms with van der Waals surface area (Å²) >= 11 is 0. The molecule has 32 heavy (non-hydrogen) atoms. The number of nitrogens with zero attached hydrogens (tertiary/aromatic N) is 1. The van der Waals surface area contributed by atoms with E-state index in [0.29, 0.717) is 17.5 Å². The molecule has 5 fully saturated rings. The summed E-state index contributed by atoms with van der Waals surface area (Å²) in [4.78, 5) is 12.4. The van der Waals surface area contributed by atoms with Crippen molar-refractivity contribution in [2.24, 2.45) is 28.9 Å². The number of fused-ring (bicyclic) bond motifs is 2. The van der Waals surface area contributed by atoms with Crippen LogP contribution in [0.15, 0.2) is 12.1 Å². The molecule has 2 heterocycles. The van der Waals surface area contributed by atoms with Gasteiger partial charge in [0.15, 0.2) is 0 Å². The summed E-state index contributed by atoms with van der Waals surface area (Å²) in [7, 11) is 2.53. The van der Waals surface area contributed by atoms with Crippen LogP contribution >= 0.6 is 0 Å². The Labute approximate surface area is 190 Å². The smallest absolute Gasteiger partial charge is 0.252 e. The third-order valence-electron chi connectivity index (χ3n) is 11.1. The molecule has 1 saturated heterocycles. The van der Waals surface area contributed by atoms with Crippen LogP contribution in [-0.2, 0) is 11.8 Å². The van der Waals surface area contributed by atoms with Gasteiger partial charge in [-0.05, 0) is 63.5 Å². The van der Waals surface area contributed by atoms with Crippen LogP contribution in [-0.4, -0.2) is 53.4 Å². The standard InChI is InChI=1S/C27H36N2O3/c1-25(2,31)19-13-26-9-8-17(19)23-27(26)10-11-29(3,14-15-4-5-15)20(26)12-16-6-7-18(24(28)30)22(32-23)21(16)27/h6-7,15,17,19-20,23,31H,4-5,8-14H2,1-3H3,(H-,28,30)/p+1/t17?,19-,20+,23-,26+,27-,29+/m0/s1. The number of ether oxygens (including phenoxy) is 1. The van der Waals surface area contributed by atoms with Gasteiger partial charge in [-0.3, -0.25) is 4.79 Å². The van der Waals surface area contributed by atoms with Crippen LogP contribution in [0.4, 0.5) is 0 Å². The molecular weight excluding hydrogens is 400 g/mol. The quantitative estimate of drug-likeness (QED) is 0.711. The largest absolute Gasteiger partial charge is 0.488 e. The van der Waals surface area contributed by atoms with Crippen LogP contribution in [0.3, 0.4) is 0 Å². The number of quaternary nitrogens is 1. The fourth-order valence-electron chi connectivity index (χ4n) is 9.80. The minimum atomic E-state index is -0.723. The van der Waals surface area contributed by atoms with E-state index >= 15 is 0 Å². The van der Waals surface area contributed by atoms with E-state index in [-0.39, 0.29) is 28.8 Å². The molecule has 2 aliphatic heterocycles. The predicted molar refractivity (Wildman–Crippen MR) is 121 cm³/mol. The van der Waals surface area contributed by atoms with Crippen molar-refractivity contribution in [3.05, 3.63) is 28.8 Å². The van der Waals surface area contributed by atoms with Gasteiger partial charge in [0.25, 0.3) is 5.91 Å². The van der Waals surface area contributed by atoms with Crippen molar-refractivity contribution < 1.29 is 19.1 Å². The minimum Gasteiger partial charge on any atom is -0.488 e. The summed E-state index contributed by atoms with van der Waals surface area (Å²) in [6.07, 6.45) is 8.48. The van der Waals surface area contributed by atoms with Gasteiger partial charge >= 0.3 is 0 Å². The van der Waals surface area contributed by atoms with E-state index in [1.807, 2.05) is 19.9 Å². The summed E-state index contributed by atoms with van der Waals surface area (Å²) in [5.74, 6) is 1.87. The number of benzene rings is 1. The molecule has 8 rings (SSSR count). The maximum atomic E-state index is 12.4. The molecule has 7 aliphatic rings. The number of piperidine rings is 1. The second kappa shape index (κ2) is 5.72. The first-order valence-electron chi connectivity index (χ1n) is 12.8. The molecule has 4 saturated carbocycles. The number of aliphatic hydroxyl groups is 1. The second-order valence-corrected chi connectivity index (χ2v) is 13.0. The first kappa shape index (κ1) is 19.8. The normalized spacial score (nSPS) is 45.4. The fourth-order valence-corrected chi connectivity index (χ4v) is 9.80. The number of likely N-dealkylation sites (N-methyl/N-ethyl adjacent to an activating group) is 1. The second-order valence-electron chi connectivity index (χ2n) is 13.0. The van der Waals surface area contributed by atoms with Gasteiger partial charge in [0, 0.05) is 35.7 Å². The molecule has 5 aliphatic carbocycles. The first-order chi connectivity index (χ1) is 15.1. The lowest BCUT2D eigenvalue weighted by Gasteiger charge is -2.73. The third-order valence-corrected chi connectivity index (χ3v) is 11.1. The Kier molecular flexibility index (Phi) is 3.55. The Balaban J connectivity index is 1.49. The lowest BCUT2D eigenvalue weighted by Crippen LogP contribution is -2.80. The SMILES string of the molecule is CC(C)(O)[C@H]1C[C@@]23CCC1[C@@H]1Oc4c(C(N)=O)ccc5c4[C@@]12CC[N@+](C)(CC1CC1)[C@@H]3C5. The highest BCUT2D eigenvalue weighted by atomic mass is 16.5. The zero-order chi connectivity index (χ0) is 22.3. The Hall–Kier alpha value is -1.59. The predicted octanol–water partition coefficient (Wildman–Crippen LogP) is 3.16. The van der Waals surface area contributed by atoms with E-state index in [9.17, 15) is 9.90 Å². The van der Waals surface area contributed by atoms with Gasteiger partial charge in [-0.15, -0.1) is 0 Å². The highest BCUT2D eigenvalue weighted by Gasteiger charge is 2.79. The van der Waals surface area contributed by atoms with Crippen LogP contribution in [0.1, 0.15) is 73.9 Å². The number of hydrogen-bond donors (Lipinski definition) is 2. The molecule has 1 unspecified atom stereocenters. The number of likely N-dealkylation sites (tertiary alicyclic amines) is 1. The molecule has 3 N–H and O–H groups in total. The van der Waals surface area contributed by atoms with Crippen LogP contribution < -0.4 is 10.5 Å². The minimum absolute atomic E-state index is 0.0159. The maximum Gasteiger partial charge on any atom is 0.252 e. The van der Waals surface area contributed by atoms with Gasteiger partial charge < -0.3 is 20.1 Å². The number of hydrogen-bond acceptors (Lipinski definition) is 3. The van der Waals surface area contributed by atoms with Crippen molar-refractivity contribution in [3.8, 4) is 5.75 Å². The Morgan fingerprint density at radius 3 is 2.75 bits per heavy atom. The summed E-state index contributed by atoms with van der Waals surface area (Å²) in [5, 5.41) is 11.3. The lowest BCUT2D eigenvalue weighted by atomic mass is 9.34. The third kappa shape index (κ3) is 2.12. The average Bonchev–Trinajstić information content (AvgIpc) is 3.46. The Morgan fingerprint density at radius 2 is 2.06 bits per heavy atom. The number of amides is 1. The van der Waals surface area contributed by atoms with Crippen molar-refractivity contribution >= 4 is 5.91 Å². The molecule has 5 heteroatoms. The Bertz CT molecular complexity index is 1040. The van der Waals surface area contributed by atoms with Gasteiger partial charge in [-0.2, -0.15) is 0 Å². The molecule has 172 valence electrons. The molecule has 2 spiro atoms. The van der Waals surface area contributed by atoms with E-state index < -0.39 is 5.60 Å². The van der Waals surface area contributed by atoms with Crippen molar-refractivity contribution in [1.29, 1.82) is 0 Å². The number of primary amides is 1. The van der Waals surface area contributed by atoms with Gasteiger partial charge in [0.05, 0.1) is 42.8 Å². The molecule has 4 bridgehead atoms. The topological polar surface area (TPSA) is 72.6 Å². The van der Waals surface area contributed by atoms with E-state index in [1.165, 1.54) is 48.0 Å². The summed E-state index contributed by atoms with van der Waals surface area (Å²) in [6, 6.07) is 4.67. The van der Waals surface area contributed by atoms with Crippen LogP contribution in [0, 0.1) is 23.2 Å².